The van der Waals surface area contributed by atoms with Crippen molar-refractivity contribution in [1.29, 1.82) is 0 Å². The molecule has 1 N–H and O–H groups in total. The molecular formula is C23H28N4O2. The van der Waals surface area contributed by atoms with Gasteiger partial charge in [0.1, 0.15) is 0 Å². The van der Waals surface area contributed by atoms with Gasteiger partial charge in [-0.1, -0.05) is 36.4 Å². The number of carbonyl (C=O) groups is 2. The second-order valence-corrected chi connectivity index (χ2v) is 8.11. The molecule has 1 aromatic carbocycles. The van der Waals surface area contributed by atoms with Gasteiger partial charge in [0.25, 0.3) is 0 Å². The summed E-state index contributed by atoms with van der Waals surface area (Å²) in [4.78, 5) is 32.8. The van der Waals surface area contributed by atoms with Gasteiger partial charge in [-0.2, -0.15) is 0 Å². The van der Waals surface area contributed by atoms with Crippen LogP contribution in [0, 0.1) is 11.8 Å². The lowest BCUT2D eigenvalue weighted by Gasteiger charge is -2.30. The normalized spacial score (nSPS) is 23.8. The number of nitrogens with zero attached hydrogens (tertiary/aromatic N) is 3. The van der Waals surface area contributed by atoms with Gasteiger partial charge in [0, 0.05) is 51.4 Å². The maximum absolute atomic E-state index is 12.8. The van der Waals surface area contributed by atoms with Crippen molar-refractivity contribution in [2.24, 2.45) is 11.8 Å². The number of fused-ring (bicyclic) bond motifs is 1. The zero-order chi connectivity index (χ0) is 20.2. The molecule has 2 fully saturated rings. The van der Waals surface area contributed by atoms with Crippen molar-refractivity contribution in [2.45, 2.75) is 19.4 Å². The maximum atomic E-state index is 12.8. The molecule has 1 aromatic heterocycles. The van der Waals surface area contributed by atoms with Gasteiger partial charge in [-0.05, 0) is 29.5 Å². The molecule has 152 valence electrons. The first-order valence-electron chi connectivity index (χ1n) is 10.3. The lowest BCUT2D eigenvalue weighted by atomic mass is 9.89. The third kappa shape index (κ3) is 4.48. The van der Waals surface area contributed by atoms with Gasteiger partial charge in [0.15, 0.2) is 0 Å². The van der Waals surface area contributed by atoms with E-state index in [-0.39, 0.29) is 24.4 Å². The summed E-state index contributed by atoms with van der Waals surface area (Å²) in [6, 6.07) is 14.5. The minimum absolute atomic E-state index is 0.00497. The summed E-state index contributed by atoms with van der Waals surface area (Å²) in [5, 5.41) is 2.66. The van der Waals surface area contributed by atoms with Crippen molar-refractivity contribution in [3.05, 3.63) is 66.0 Å². The third-order valence-electron chi connectivity index (χ3n) is 6.13. The molecule has 0 spiro atoms. The van der Waals surface area contributed by atoms with Crippen LogP contribution in [-0.2, 0) is 16.0 Å². The molecular weight excluding hydrogens is 364 g/mol. The smallest absolute Gasteiger partial charge is 0.242 e. The monoisotopic (exact) mass is 392 g/mol. The SMILES string of the molecule is CC(=O)NCC(=O)N1C[C@@H]2CN(CCc3cccnc3)C[C@@H]2[C@H]1c1ccccc1. The lowest BCUT2D eigenvalue weighted by molar-refractivity contribution is -0.133. The maximum Gasteiger partial charge on any atom is 0.242 e. The molecule has 6 nitrogen and oxygen atoms in total. The standard InChI is InChI=1S/C23H28N4O2/c1-17(28)25-13-22(29)27-15-20-14-26(11-9-18-6-5-10-24-12-18)16-21(20)23(27)19-7-3-2-4-8-19/h2-8,10,12,20-21,23H,9,11,13-16H2,1H3,(H,25,28)/t20-,21-,23+/m0/s1. The highest BCUT2D eigenvalue weighted by molar-refractivity contribution is 5.84. The second kappa shape index (κ2) is 8.74. The summed E-state index contributed by atoms with van der Waals surface area (Å²) in [5.74, 6) is 0.726. The van der Waals surface area contributed by atoms with E-state index < -0.39 is 0 Å². The van der Waals surface area contributed by atoms with Crippen LogP contribution in [0.2, 0.25) is 0 Å². The van der Waals surface area contributed by atoms with Gasteiger partial charge in [0.05, 0.1) is 12.6 Å². The molecule has 2 aliphatic rings. The molecule has 2 saturated heterocycles. The fourth-order valence-corrected chi connectivity index (χ4v) is 4.79. The van der Waals surface area contributed by atoms with Crippen molar-refractivity contribution in [2.75, 3.05) is 32.7 Å². The molecule has 0 aliphatic carbocycles. The van der Waals surface area contributed by atoms with Crippen LogP contribution in [0.5, 0.6) is 0 Å². The quantitative estimate of drug-likeness (QED) is 0.815. The van der Waals surface area contributed by atoms with Crippen LogP contribution < -0.4 is 5.32 Å². The van der Waals surface area contributed by atoms with Crippen LogP contribution in [-0.4, -0.2) is 59.3 Å². The first-order chi connectivity index (χ1) is 14.1. The van der Waals surface area contributed by atoms with Gasteiger partial charge < -0.3 is 15.1 Å². The number of aromatic nitrogens is 1. The molecule has 3 atom stereocenters. The van der Waals surface area contributed by atoms with Crippen LogP contribution in [0.25, 0.3) is 0 Å². The molecule has 0 saturated carbocycles. The highest BCUT2D eigenvalue weighted by atomic mass is 16.2. The Labute approximate surface area is 171 Å². The Morgan fingerprint density at radius 1 is 1.10 bits per heavy atom. The van der Waals surface area contributed by atoms with Gasteiger partial charge >= 0.3 is 0 Å². The number of hydrogen-bond donors (Lipinski definition) is 1. The predicted molar refractivity (Wildman–Crippen MR) is 111 cm³/mol. The van der Waals surface area contributed by atoms with E-state index in [2.05, 4.69) is 33.4 Å². The van der Waals surface area contributed by atoms with Crippen LogP contribution >= 0.6 is 0 Å². The van der Waals surface area contributed by atoms with Gasteiger partial charge in [0.2, 0.25) is 11.8 Å². The van der Waals surface area contributed by atoms with Crippen molar-refractivity contribution in [3.8, 4) is 0 Å². The summed E-state index contributed by atoms with van der Waals surface area (Å²) in [5.41, 5.74) is 2.45. The van der Waals surface area contributed by atoms with Crippen LogP contribution in [0.1, 0.15) is 24.1 Å². The van der Waals surface area contributed by atoms with E-state index in [1.807, 2.05) is 35.4 Å². The van der Waals surface area contributed by atoms with E-state index in [1.165, 1.54) is 18.1 Å². The predicted octanol–water partition coefficient (Wildman–Crippen LogP) is 1.89. The topological polar surface area (TPSA) is 65.5 Å². The summed E-state index contributed by atoms with van der Waals surface area (Å²) in [6.45, 7) is 5.29. The van der Waals surface area contributed by atoms with Crippen molar-refractivity contribution < 1.29 is 9.59 Å². The number of nitrogens with one attached hydrogen (secondary N) is 1. The molecule has 2 aliphatic heterocycles. The molecule has 2 aromatic rings. The average Bonchev–Trinajstić information content (AvgIpc) is 3.29. The lowest BCUT2D eigenvalue weighted by Crippen LogP contribution is -2.41. The average molecular weight is 393 g/mol. The molecule has 0 bridgehead atoms. The van der Waals surface area contributed by atoms with Crippen LogP contribution in [0.4, 0.5) is 0 Å². The number of benzene rings is 1. The van der Waals surface area contributed by atoms with E-state index in [4.69, 9.17) is 0 Å². The van der Waals surface area contributed by atoms with Crippen LogP contribution in [0.3, 0.4) is 0 Å². The summed E-state index contributed by atoms with van der Waals surface area (Å²) in [7, 11) is 0. The highest BCUT2D eigenvalue weighted by Crippen LogP contribution is 2.44. The Morgan fingerprint density at radius 2 is 1.93 bits per heavy atom. The van der Waals surface area contributed by atoms with Crippen molar-refractivity contribution in [1.82, 2.24) is 20.1 Å². The number of carbonyl (C=O) groups excluding carboxylic acids is 2. The number of pyridine rings is 1. The Hall–Kier alpha value is -2.73. The molecule has 6 heteroatoms. The Morgan fingerprint density at radius 3 is 2.66 bits per heavy atom. The van der Waals surface area contributed by atoms with E-state index in [9.17, 15) is 9.59 Å². The molecule has 29 heavy (non-hydrogen) atoms. The summed E-state index contributed by atoms with van der Waals surface area (Å²) >= 11 is 0. The van der Waals surface area contributed by atoms with Crippen molar-refractivity contribution >= 4 is 11.8 Å². The third-order valence-corrected chi connectivity index (χ3v) is 6.13. The minimum atomic E-state index is -0.171. The Balaban J connectivity index is 1.46. The molecule has 4 rings (SSSR count). The van der Waals surface area contributed by atoms with E-state index in [0.717, 1.165) is 32.6 Å². The zero-order valence-corrected chi connectivity index (χ0v) is 16.8. The van der Waals surface area contributed by atoms with E-state index in [0.29, 0.717) is 11.8 Å². The van der Waals surface area contributed by atoms with Crippen LogP contribution in [0.15, 0.2) is 54.9 Å². The van der Waals surface area contributed by atoms with Gasteiger partial charge in [-0.3, -0.25) is 14.6 Å². The highest BCUT2D eigenvalue weighted by Gasteiger charge is 2.48. The number of likely N-dealkylation sites (tertiary alicyclic amines) is 2. The molecule has 0 unspecified atom stereocenters. The van der Waals surface area contributed by atoms with Gasteiger partial charge in [-0.25, -0.2) is 0 Å². The number of amides is 2. The molecule has 0 radical (unpaired) electrons. The van der Waals surface area contributed by atoms with E-state index in [1.54, 1.807) is 6.20 Å². The number of hydrogen-bond acceptors (Lipinski definition) is 4. The fraction of sp³-hybridized carbons (Fsp3) is 0.435. The van der Waals surface area contributed by atoms with E-state index >= 15 is 0 Å². The number of rotatable bonds is 6. The van der Waals surface area contributed by atoms with Gasteiger partial charge in [-0.15, -0.1) is 0 Å². The first-order valence-corrected chi connectivity index (χ1v) is 10.3. The summed E-state index contributed by atoms with van der Waals surface area (Å²) in [6.07, 6.45) is 4.74. The zero-order valence-electron chi connectivity index (χ0n) is 16.8. The minimum Gasteiger partial charge on any atom is -0.347 e. The first kappa shape index (κ1) is 19.6. The second-order valence-electron chi connectivity index (χ2n) is 8.11. The Kier molecular flexibility index (Phi) is 5.90. The molecule has 3 heterocycles. The molecule has 2 amide bonds. The van der Waals surface area contributed by atoms with Crippen molar-refractivity contribution in [3.63, 3.8) is 0 Å². The largest absolute Gasteiger partial charge is 0.347 e. The fourth-order valence-electron chi connectivity index (χ4n) is 4.79. The Bertz CT molecular complexity index is 842. The summed E-state index contributed by atoms with van der Waals surface area (Å²) < 4.78 is 0.